The number of aromatic amines is 2. The molecule has 4 N–H and O–H groups in total. The van der Waals surface area contributed by atoms with Crippen molar-refractivity contribution >= 4 is 18.9 Å². The van der Waals surface area contributed by atoms with Crippen LogP contribution in [0.2, 0.25) is 0 Å². The van der Waals surface area contributed by atoms with Crippen LogP contribution in [0, 0.1) is 5.41 Å². The van der Waals surface area contributed by atoms with Gasteiger partial charge in [0.15, 0.2) is 11.5 Å². The van der Waals surface area contributed by atoms with Gasteiger partial charge in [0.25, 0.3) is 11.1 Å². The zero-order chi connectivity index (χ0) is 21.8. The number of nitrogens with one attached hydrogen (secondary N) is 2. The van der Waals surface area contributed by atoms with Crippen LogP contribution < -0.4 is 37.0 Å². The number of nitrogens with zero attached hydrogens (tertiary/aromatic N) is 1. The molecular weight excluding hydrogens is 372 g/mol. The van der Waals surface area contributed by atoms with Crippen LogP contribution in [0.1, 0.15) is 26.3 Å². The predicted molar refractivity (Wildman–Crippen MR) is 115 cm³/mol. The molecule has 0 aliphatic carbocycles. The smallest absolute Gasteiger partial charge is 0.272 e. The molecule has 1 aromatic carbocycles. The Morgan fingerprint density at radius 3 is 2.28 bits per heavy atom. The number of rotatable bonds is 5. The molecule has 0 unspecified atom stereocenters. The van der Waals surface area contributed by atoms with Crippen molar-refractivity contribution < 1.29 is 9.47 Å². The van der Waals surface area contributed by atoms with Crippen molar-refractivity contribution in [2.24, 2.45) is 16.1 Å². The van der Waals surface area contributed by atoms with Crippen molar-refractivity contribution in [3.05, 3.63) is 66.6 Å². The molecule has 1 heterocycles. The number of allylic oxidation sites excluding steroid dienone is 2. The Kier molecular flexibility index (Phi) is 6.48. The number of H-pyrrole nitrogens is 2. The van der Waals surface area contributed by atoms with Gasteiger partial charge in [-0.3, -0.25) is 14.6 Å². The lowest BCUT2D eigenvalue weighted by Gasteiger charge is -2.20. The first-order valence-electron chi connectivity index (χ1n) is 8.86. The SMILES string of the molecule is C=NC(/C=c1\[nH]c(=O)/c(=C/c2cccc(OC)c2OC)[nH]c1=O)=C(\N)C(C)(C)C. The van der Waals surface area contributed by atoms with E-state index in [0.717, 1.165) is 0 Å². The maximum atomic E-state index is 12.5. The highest BCUT2D eigenvalue weighted by Crippen LogP contribution is 2.30. The fourth-order valence-corrected chi connectivity index (χ4v) is 2.61. The van der Waals surface area contributed by atoms with Crippen LogP contribution in [0.25, 0.3) is 12.2 Å². The topological polar surface area (TPSA) is 123 Å². The first-order chi connectivity index (χ1) is 13.6. The Morgan fingerprint density at radius 2 is 1.72 bits per heavy atom. The molecule has 0 aliphatic rings. The van der Waals surface area contributed by atoms with E-state index in [1.165, 1.54) is 26.4 Å². The van der Waals surface area contributed by atoms with Crippen LogP contribution in [-0.2, 0) is 0 Å². The number of nitrogens with two attached hydrogens (primary N) is 1. The van der Waals surface area contributed by atoms with Gasteiger partial charge in [-0.05, 0) is 24.9 Å². The predicted octanol–water partition coefficient (Wildman–Crippen LogP) is 0.607. The normalized spacial score (nSPS) is 13.8. The van der Waals surface area contributed by atoms with Crippen molar-refractivity contribution in [3.63, 3.8) is 0 Å². The molecular formula is C21H26N4O4. The number of aromatic nitrogens is 2. The molecule has 1 aromatic heterocycles. The maximum absolute atomic E-state index is 12.5. The van der Waals surface area contributed by atoms with Gasteiger partial charge < -0.3 is 25.2 Å². The molecule has 2 aromatic rings. The average molecular weight is 398 g/mol. The summed E-state index contributed by atoms with van der Waals surface area (Å²) in [5, 5.41) is 0.0962. The summed E-state index contributed by atoms with van der Waals surface area (Å²) >= 11 is 0. The van der Waals surface area contributed by atoms with Gasteiger partial charge in [0.05, 0.1) is 19.9 Å². The lowest BCUT2D eigenvalue weighted by molar-refractivity contribution is 0.354. The van der Waals surface area contributed by atoms with Crippen LogP contribution >= 0.6 is 0 Å². The molecule has 0 bridgehead atoms. The molecule has 2 rings (SSSR count). The van der Waals surface area contributed by atoms with Crippen LogP contribution in [0.3, 0.4) is 0 Å². The van der Waals surface area contributed by atoms with Gasteiger partial charge in [-0.15, -0.1) is 0 Å². The number of hydrogen-bond donors (Lipinski definition) is 3. The van der Waals surface area contributed by atoms with E-state index in [2.05, 4.69) is 21.7 Å². The van der Waals surface area contributed by atoms with Crippen molar-refractivity contribution in [2.45, 2.75) is 20.8 Å². The van der Waals surface area contributed by atoms with E-state index in [1.54, 1.807) is 18.2 Å². The Labute approximate surface area is 168 Å². The van der Waals surface area contributed by atoms with Gasteiger partial charge in [-0.25, -0.2) is 0 Å². The molecule has 8 nitrogen and oxygen atoms in total. The maximum Gasteiger partial charge on any atom is 0.272 e. The number of para-hydroxylation sites is 1. The second-order valence-corrected chi connectivity index (χ2v) is 7.31. The van der Waals surface area contributed by atoms with Crippen molar-refractivity contribution in [1.82, 2.24) is 9.97 Å². The first-order valence-corrected chi connectivity index (χ1v) is 8.86. The van der Waals surface area contributed by atoms with Crippen LogP contribution in [0.4, 0.5) is 0 Å². The Morgan fingerprint density at radius 1 is 1.10 bits per heavy atom. The van der Waals surface area contributed by atoms with Gasteiger partial charge >= 0.3 is 0 Å². The molecule has 0 aliphatic heterocycles. The third kappa shape index (κ3) is 4.84. The summed E-state index contributed by atoms with van der Waals surface area (Å²) in [4.78, 5) is 34.1. The minimum Gasteiger partial charge on any atom is -0.493 e. The highest BCUT2D eigenvalue weighted by atomic mass is 16.5. The van der Waals surface area contributed by atoms with E-state index in [9.17, 15) is 9.59 Å². The van der Waals surface area contributed by atoms with Crippen LogP contribution in [-0.4, -0.2) is 30.9 Å². The molecule has 0 amide bonds. The number of aliphatic imine (C=N–C) groups is 1. The fraction of sp³-hybridized carbons (Fsp3) is 0.286. The summed E-state index contributed by atoms with van der Waals surface area (Å²) in [6.07, 6.45) is 2.92. The van der Waals surface area contributed by atoms with Crippen molar-refractivity contribution in [2.75, 3.05) is 14.2 Å². The number of hydrogen-bond acceptors (Lipinski definition) is 6. The minimum atomic E-state index is -0.499. The second kappa shape index (κ2) is 8.64. The third-order valence-electron chi connectivity index (χ3n) is 4.25. The van der Waals surface area contributed by atoms with E-state index in [-0.39, 0.29) is 16.1 Å². The fourth-order valence-electron chi connectivity index (χ4n) is 2.61. The summed E-state index contributed by atoms with van der Waals surface area (Å²) in [6, 6.07) is 5.23. The molecule has 0 spiro atoms. The Bertz CT molecular complexity index is 1180. The van der Waals surface area contributed by atoms with Gasteiger partial charge in [0.2, 0.25) is 0 Å². The summed E-state index contributed by atoms with van der Waals surface area (Å²) in [5.41, 5.74) is 6.10. The Hall–Kier alpha value is -3.55. The summed E-state index contributed by atoms with van der Waals surface area (Å²) in [5.74, 6) is 0.958. The van der Waals surface area contributed by atoms with E-state index >= 15 is 0 Å². The van der Waals surface area contributed by atoms with E-state index in [4.69, 9.17) is 15.2 Å². The van der Waals surface area contributed by atoms with E-state index in [0.29, 0.717) is 28.5 Å². The summed E-state index contributed by atoms with van der Waals surface area (Å²) in [7, 11) is 3.01. The first kappa shape index (κ1) is 21.7. The molecule has 0 saturated heterocycles. The standard InChI is InChI=1S/C21H26N4O4/c1-21(2,3)18(22)13(23-4)11-15-20(27)24-14(19(26)25-15)10-12-8-7-9-16(28-5)17(12)29-6/h7-11H,4,22H2,1-3,5-6H3,(H,24,27)(H,25,26)/b14-10-,15-11-,18-13-. The summed E-state index contributed by atoms with van der Waals surface area (Å²) in [6.45, 7) is 9.23. The monoisotopic (exact) mass is 398 g/mol. The van der Waals surface area contributed by atoms with E-state index < -0.39 is 11.1 Å². The van der Waals surface area contributed by atoms with Gasteiger partial charge in [-0.2, -0.15) is 0 Å². The summed E-state index contributed by atoms with van der Waals surface area (Å²) < 4.78 is 10.6. The van der Waals surface area contributed by atoms with Gasteiger partial charge in [0, 0.05) is 16.7 Å². The zero-order valence-electron chi connectivity index (χ0n) is 17.3. The molecule has 0 radical (unpaired) electrons. The lowest BCUT2D eigenvalue weighted by Crippen LogP contribution is -2.46. The molecule has 0 saturated carbocycles. The Balaban J connectivity index is 2.71. The van der Waals surface area contributed by atoms with Gasteiger partial charge in [0.1, 0.15) is 10.7 Å². The third-order valence-corrected chi connectivity index (χ3v) is 4.25. The largest absolute Gasteiger partial charge is 0.493 e. The van der Waals surface area contributed by atoms with Crippen molar-refractivity contribution in [3.8, 4) is 11.5 Å². The quantitative estimate of drug-likeness (QED) is 0.637. The highest BCUT2D eigenvalue weighted by Gasteiger charge is 2.17. The zero-order valence-corrected chi connectivity index (χ0v) is 17.3. The lowest BCUT2D eigenvalue weighted by atomic mass is 9.91. The molecule has 0 fully saturated rings. The second-order valence-electron chi connectivity index (χ2n) is 7.31. The molecule has 8 heteroatoms. The average Bonchev–Trinajstić information content (AvgIpc) is 2.67. The number of ether oxygens (including phenoxy) is 2. The molecule has 154 valence electrons. The van der Waals surface area contributed by atoms with Crippen LogP contribution in [0.5, 0.6) is 11.5 Å². The molecule has 29 heavy (non-hydrogen) atoms. The highest BCUT2D eigenvalue weighted by molar-refractivity contribution is 5.61. The van der Waals surface area contributed by atoms with E-state index in [1.807, 2.05) is 20.8 Å². The van der Waals surface area contributed by atoms with Crippen LogP contribution in [0.15, 0.2) is 44.2 Å². The minimum absolute atomic E-state index is 0.0272. The number of methoxy groups -OCH3 is 2. The number of benzene rings is 1. The van der Waals surface area contributed by atoms with Gasteiger partial charge in [-0.1, -0.05) is 32.9 Å². The van der Waals surface area contributed by atoms with Crippen molar-refractivity contribution in [1.29, 1.82) is 0 Å². The molecule has 0 atom stereocenters.